The van der Waals surface area contributed by atoms with Gasteiger partial charge in [-0.2, -0.15) is 0 Å². The van der Waals surface area contributed by atoms with Gasteiger partial charge >= 0.3 is 0 Å². The number of aryl methyl sites for hydroxylation is 1. The van der Waals surface area contributed by atoms with E-state index in [1.54, 1.807) is 0 Å². The van der Waals surface area contributed by atoms with Crippen molar-refractivity contribution < 1.29 is 4.74 Å². The minimum absolute atomic E-state index is 0.517. The van der Waals surface area contributed by atoms with Crippen molar-refractivity contribution in [1.82, 2.24) is 9.88 Å². The SMILES string of the molecule is Cc1ccc(C(C)C)cc1OCCCN1CCCC[C@@H]1c1cccnc1. The molecule has 1 aliphatic heterocycles. The Bertz CT molecular complexity index is 684. The Morgan fingerprint density at radius 3 is 2.88 bits per heavy atom. The minimum Gasteiger partial charge on any atom is -0.493 e. The number of rotatable bonds is 7. The summed E-state index contributed by atoms with van der Waals surface area (Å²) in [6.45, 7) is 9.62. The Labute approximate surface area is 158 Å². The number of likely N-dealkylation sites (tertiary alicyclic amines) is 1. The summed E-state index contributed by atoms with van der Waals surface area (Å²) in [5.74, 6) is 1.57. The molecule has 0 N–H and O–H groups in total. The molecule has 1 fully saturated rings. The third kappa shape index (κ3) is 4.85. The van der Waals surface area contributed by atoms with Crippen LogP contribution in [0.2, 0.25) is 0 Å². The number of aromatic nitrogens is 1. The molecular weight excluding hydrogens is 320 g/mol. The fraction of sp³-hybridized carbons (Fsp3) is 0.522. The van der Waals surface area contributed by atoms with Gasteiger partial charge in [0.2, 0.25) is 0 Å². The van der Waals surface area contributed by atoms with E-state index < -0.39 is 0 Å². The van der Waals surface area contributed by atoms with Gasteiger partial charge < -0.3 is 4.74 Å². The number of piperidine rings is 1. The monoisotopic (exact) mass is 352 g/mol. The number of nitrogens with zero attached hydrogens (tertiary/aromatic N) is 2. The first-order valence-corrected chi connectivity index (χ1v) is 10.0. The van der Waals surface area contributed by atoms with Crippen LogP contribution in [0.25, 0.3) is 0 Å². The maximum Gasteiger partial charge on any atom is 0.122 e. The van der Waals surface area contributed by atoms with Crippen molar-refractivity contribution in [1.29, 1.82) is 0 Å². The summed E-state index contributed by atoms with van der Waals surface area (Å²) >= 11 is 0. The maximum absolute atomic E-state index is 6.12. The average Bonchev–Trinajstić information content (AvgIpc) is 2.67. The molecule has 0 saturated carbocycles. The van der Waals surface area contributed by atoms with Crippen LogP contribution in [0.3, 0.4) is 0 Å². The minimum atomic E-state index is 0.517. The predicted octanol–water partition coefficient (Wildman–Crippen LogP) is 5.51. The number of hydrogen-bond donors (Lipinski definition) is 0. The van der Waals surface area contributed by atoms with Crippen molar-refractivity contribution in [2.75, 3.05) is 19.7 Å². The summed E-state index contributed by atoms with van der Waals surface area (Å²) in [5, 5.41) is 0. The second-order valence-corrected chi connectivity index (χ2v) is 7.72. The molecule has 0 spiro atoms. The molecule has 140 valence electrons. The lowest BCUT2D eigenvalue weighted by atomic mass is 9.96. The zero-order valence-electron chi connectivity index (χ0n) is 16.4. The first-order chi connectivity index (χ1) is 12.6. The van der Waals surface area contributed by atoms with E-state index in [-0.39, 0.29) is 0 Å². The second-order valence-electron chi connectivity index (χ2n) is 7.72. The summed E-state index contributed by atoms with van der Waals surface area (Å²) in [7, 11) is 0. The average molecular weight is 353 g/mol. The molecule has 0 bridgehead atoms. The molecule has 2 aromatic rings. The van der Waals surface area contributed by atoms with E-state index in [0.717, 1.165) is 25.3 Å². The lowest BCUT2D eigenvalue weighted by molar-refractivity contribution is 0.137. The Morgan fingerprint density at radius 2 is 2.12 bits per heavy atom. The Kier molecular flexibility index (Phi) is 6.67. The van der Waals surface area contributed by atoms with Gasteiger partial charge in [0.05, 0.1) is 6.61 Å². The predicted molar refractivity (Wildman–Crippen MR) is 108 cm³/mol. The lowest BCUT2D eigenvalue weighted by Gasteiger charge is -2.35. The van der Waals surface area contributed by atoms with E-state index >= 15 is 0 Å². The summed E-state index contributed by atoms with van der Waals surface area (Å²) in [6.07, 6.45) is 8.80. The normalized spacial score (nSPS) is 18.2. The van der Waals surface area contributed by atoms with Crippen LogP contribution >= 0.6 is 0 Å². The molecule has 1 aromatic heterocycles. The first-order valence-electron chi connectivity index (χ1n) is 10.0. The van der Waals surface area contributed by atoms with Crippen molar-refractivity contribution >= 4 is 0 Å². The topological polar surface area (TPSA) is 25.4 Å². The summed E-state index contributed by atoms with van der Waals surface area (Å²) in [5.41, 5.74) is 3.92. The number of pyridine rings is 1. The summed E-state index contributed by atoms with van der Waals surface area (Å²) in [6, 6.07) is 11.4. The standard InChI is InChI=1S/C23H32N2O/c1-18(2)20-11-10-19(3)23(16-20)26-15-7-14-25-13-5-4-9-22(25)21-8-6-12-24-17-21/h6,8,10-12,16-18,22H,4-5,7,9,13-15H2,1-3H3/t22-/m1/s1. The Hall–Kier alpha value is -1.87. The van der Waals surface area contributed by atoms with Crippen LogP contribution in [0.15, 0.2) is 42.7 Å². The molecule has 1 aliphatic rings. The van der Waals surface area contributed by atoms with Crippen molar-refractivity contribution in [2.45, 2.75) is 58.4 Å². The van der Waals surface area contributed by atoms with E-state index in [9.17, 15) is 0 Å². The fourth-order valence-electron chi connectivity index (χ4n) is 3.79. The highest BCUT2D eigenvalue weighted by Crippen LogP contribution is 2.30. The summed E-state index contributed by atoms with van der Waals surface area (Å²) < 4.78 is 6.12. The largest absolute Gasteiger partial charge is 0.493 e. The maximum atomic E-state index is 6.12. The zero-order valence-corrected chi connectivity index (χ0v) is 16.4. The molecule has 0 radical (unpaired) electrons. The van der Waals surface area contributed by atoms with Crippen molar-refractivity contribution in [3.63, 3.8) is 0 Å². The van der Waals surface area contributed by atoms with Gasteiger partial charge in [-0.05, 0) is 67.5 Å². The lowest BCUT2D eigenvalue weighted by Crippen LogP contribution is -2.34. The van der Waals surface area contributed by atoms with E-state index in [4.69, 9.17) is 4.74 Å². The van der Waals surface area contributed by atoms with E-state index in [1.807, 2.05) is 12.4 Å². The fourth-order valence-corrected chi connectivity index (χ4v) is 3.79. The molecular formula is C23H32N2O. The van der Waals surface area contributed by atoms with Crippen molar-refractivity contribution in [3.05, 3.63) is 59.4 Å². The van der Waals surface area contributed by atoms with Gasteiger partial charge in [0, 0.05) is 25.0 Å². The van der Waals surface area contributed by atoms with E-state index in [2.05, 4.69) is 61.0 Å². The van der Waals surface area contributed by atoms with Gasteiger partial charge in [-0.3, -0.25) is 9.88 Å². The van der Waals surface area contributed by atoms with Crippen LogP contribution in [0.5, 0.6) is 5.75 Å². The number of benzene rings is 1. The molecule has 26 heavy (non-hydrogen) atoms. The van der Waals surface area contributed by atoms with Gasteiger partial charge in [-0.15, -0.1) is 0 Å². The number of hydrogen-bond acceptors (Lipinski definition) is 3. The molecule has 0 unspecified atom stereocenters. The molecule has 1 atom stereocenters. The molecule has 0 amide bonds. The molecule has 3 nitrogen and oxygen atoms in total. The third-order valence-corrected chi connectivity index (χ3v) is 5.41. The van der Waals surface area contributed by atoms with Crippen LogP contribution in [-0.2, 0) is 0 Å². The third-order valence-electron chi connectivity index (χ3n) is 5.41. The highest BCUT2D eigenvalue weighted by molar-refractivity contribution is 5.37. The van der Waals surface area contributed by atoms with Gasteiger partial charge in [-0.25, -0.2) is 0 Å². The Morgan fingerprint density at radius 1 is 1.23 bits per heavy atom. The van der Waals surface area contributed by atoms with Gasteiger partial charge in [-0.1, -0.05) is 38.5 Å². The van der Waals surface area contributed by atoms with Gasteiger partial charge in [0.1, 0.15) is 5.75 Å². The van der Waals surface area contributed by atoms with Crippen molar-refractivity contribution in [3.8, 4) is 5.75 Å². The second kappa shape index (κ2) is 9.18. The molecule has 1 aromatic carbocycles. The Balaban J connectivity index is 1.53. The van der Waals surface area contributed by atoms with Gasteiger partial charge in [0.15, 0.2) is 0 Å². The van der Waals surface area contributed by atoms with Crippen LogP contribution in [0, 0.1) is 6.92 Å². The van der Waals surface area contributed by atoms with Crippen LogP contribution in [-0.4, -0.2) is 29.6 Å². The highest BCUT2D eigenvalue weighted by atomic mass is 16.5. The van der Waals surface area contributed by atoms with Crippen LogP contribution < -0.4 is 4.74 Å². The van der Waals surface area contributed by atoms with Crippen LogP contribution in [0.4, 0.5) is 0 Å². The first kappa shape index (κ1) is 18.9. The number of ether oxygens (including phenoxy) is 1. The van der Waals surface area contributed by atoms with E-state index in [1.165, 1.54) is 42.5 Å². The smallest absolute Gasteiger partial charge is 0.122 e. The van der Waals surface area contributed by atoms with Gasteiger partial charge in [0.25, 0.3) is 0 Å². The van der Waals surface area contributed by atoms with Crippen molar-refractivity contribution in [2.24, 2.45) is 0 Å². The zero-order chi connectivity index (χ0) is 18.4. The summed E-state index contributed by atoms with van der Waals surface area (Å²) in [4.78, 5) is 6.92. The molecule has 3 rings (SSSR count). The highest BCUT2D eigenvalue weighted by Gasteiger charge is 2.23. The van der Waals surface area contributed by atoms with E-state index in [0.29, 0.717) is 12.0 Å². The molecule has 2 heterocycles. The molecule has 3 heteroatoms. The molecule has 0 aliphatic carbocycles. The van der Waals surface area contributed by atoms with Crippen LogP contribution in [0.1, 0.15) is 68.2 Å². The molecule has 1 saturated heterocycles. The quantitative estimate of drug-likeness (QED) is 0.614.